The molecule has 136 valence electrons. The molecule has 1 aromatic carbocycles. The summed E-state index contributed by atoms with van der Waals surface area (Å²) in [5.74, 6) is -0.169. The van der Waals surface area contributed by atoms with Crippen molar-refractivity contribution in [2.45, 2.75) is 26.0 Å². The summed E-state index contributed by atoms with van der Waals surface area (Å²) in [5.41, 5.74) is 6.43. The van der Waals surface area contributed by atoms with Gasteiger partial charge in [-0.25, -0.2) is 9.78 Å². The highest BCUT2D eigenvalue weighted by Gasteiger charge is 2.44. The van der Waals surface area contributed by atoms with Gasteiger partial charge in [0.15, 0.2) is 23.7 Å². The number of carbonyl (C=O) groups is 2. The number of hydrogen-bond acceptors (Lipinski definition) is 6. The number of benzene rings is 1. The number of carbonyl (C=O) groups excluding carboxylic acids is 2. The molecule has 0 fully saturated rings. The third kappa shape index (κ3) is 3.08. The van der Waals surface area contributed by atoms with E-state index in [-0.39, 0.29) is 23.5 Å². The summed E-state index contributed by atoms with van der Waals surface area (Å²) < 4.78 is 10.8. The molecule has 0 bridgehead atoms. The van der Waals surface area contributed by atoms with Crippen LogP contribution in [0.3, 0.4) is 0 Å². The van der Waals surface area contributed by atoms with Crippen LogP contribution in [0.15, 0.2) is 42.5 Å². The quantitative estimate of drug-likeness (QED) is 0.846. The molecule has 0 saturated carbocycles. The summed E-state index contributed by atoms with van der Waals surface area (Å²) in [6.45, 7) is 3.76. The van der Waals surface area contributed by atoms with Gasteiger partial charge in [-0.05, 0) is 23.6 Å². The molecule has 0 radical (unpaired) electrons. The first-order valence-corrected chi connectivity index (χ1v) is 8.33. The number of amides is 1. The Kier molecular flexibility index (Phi) is 4.79. The van der Waals surface area contributed by atoms with E-state index >= 15 is 0 Å². The molecule has 1 amide bonds. The fourth-order valence-electron chi connectivity index (χ4n) is 2.95. The molecule has 1 aliphatic rings. The Morgan fingerprint density at radius 2 is 1.92 bits per heavy atom. The summed E-state index contributed by atoms with van der Waals surface area (Å²) in [5, 5.41) is 0. The molecule has 3 rings (SSSR count). The Bertz CT molecular complexity index is 823. The molecular formula is C19H21N3O4. The number of ether oxygens (including phenoxy) is 2. The van der Waals surface area contributed by atoms with Gasteiger partial charge in [-0.2, -0.15) is 0 Å². The minimum atomic E-state index is -0.980. The number of rotatable bonds is 4. The maximum atomic E-state index is 13.2. The average molecular weight is 355 g/mol. The van der Waals surface area contributed by atoms with Gasteiger partial charge in [-0.15, -0.1) is 0 Å². The SMILES string of the molecule is COC(=O)C(c1ccccc1)N1C(=O)C(C(C)C)Oc2ccc(N)nc21. The van der Waals surface area contributed by atoms with Crippen LogP contribution in [-0.2, 0) is 14.3 Å². The molecular weight excluding hydrogens is 334 g/mol. The van der Waals surface area contributed by atoms with Crippen LogP contribution in [0.1, 0.15) is 25.5 Å². The standard InChI is InChI=1S/C19H21N3O4/c1-11(2)16-18(23)22(17-13(26-16)9-10-14(20)21-17)15(19(24)25-3)12-7-5-4-6-8-12/h4-11,15-16H,1-3H3,(H2,20,21). The molecule has 7 heteroatoms. The highest BCUT2D eigenvalue weighted by molar-refractivity contribution is 6.04. The Morgan fingerprint density at radius 1 is 1.23 bits per heavy atom. The van der Waals surface area contributed by atoms with E-state index in [0.29, 0.717) is 11.3 Å². The van der Waals surface area contributed by atoms with Crippen molar-refractivity contribution >= 4 is 23.5 Å². The lowest BCUT2D eigenvalue weighted by atomic mass is 9.99. The van der Waals surface area contributed by atoms with Crippen molar-refractivity contribution in [3.8, 4) is 5.75 Å². The largest absolute Gasteiger partial charge is 0.476 e. The normalized spacial score (nSPS) is 17.5. The number of aromatic nitrogens is 1. The van der Waals surface area contributed by atoms with Crippen molar-refractivity contribution in [2.75, 3.05) is 17.7 Å². The van der Waals surface area contributed by atoms with Gasteiger partial charge in [-0.3, -0.25) is 9.69 Å². The Morgan fingerprint density at radius 3 is 2.54 bits per heavy atom. The zero-order valence-electron chi connectivity index (χ0n) is 14.9. The number of esters is 1. The predicted octanol–water partition coefficient (Wildman–Crippen LogP) is 2.33. The van der Waals surface area contributed by atoms with Gasteiger partial charge in [-0.1, -0.05) is 44.2 Å². The summed E-state index contributed by atoms with van der Waals surface area (Å²) in [6, 6.07) is 11.2. The molecule has 7 nitrogen and oxygen atoms in total. The van der Waals surface area contributed by atoms with Gasteiger partial charge >= 0.3 is 5.97 Å². The maximum Gasteiger partial charge on any atom is 0.333 e. The highest BCUT2D eigenvalue weighted by atomic mass is 16.5. The fourth-order valence-corrected chi connectivity index (χ4v) is 2.95. The number of hydrogen-bond donors (Lipinski definition) is 1. The first-order chi connectivity index (χ1) is 12.4. The molecule has 0 spiro atoms. The smallest absolute Gasteiger partial charge is 0.333 e. The average Bonchev–Trinajstić information content (AvgIpc) is 2.64. The molecule has 2 aromatic rings. The number of methoxy groups -OCH3 is 1. The van der Waals surface area contributed by atoms with E-state index in [4.69, 9.17) is 15.2 Å². The molecule has 2 N–H and O–H groups in total. The van der Waals surface area contributed by atoms with Crippen LogP contribution in [-0.4, -0.2) is 30.1 Å². The molecule has 0 aliphatic carbocycles. The van der Waals surface area contributed by atoms with Gasteiger partial charge in [0.05, 0.1) is 7.11 Å². The van der Waals surface area contributed by atoms with Crippen molar-refractivity contribution in [1.82, 2.24) is 4.98 Å². The van der Waals surface area contributed by atoms with E-state index in [1.165, 1.54) is 12.0 Å². The van der Waals surface area contributed by atoms with E-state index in [2.05, 4.69) is 4.98 Å². The van der Waals surface area contributed by atoms with Crippen LogP contribution in [0.5, 0.6) is 5.75 Å². The second kappa shape index (κ2) is 7.03. The Balaban J connectivity index is 2.19. The van der Waals surface area contributed by atoms with Crippen LogP contribution in [0.25, 0.3) is 0 Å². The minimum Gasteiger partial charge on any atom is -0.476 e. The maximum absolute atomic E-state index is 13.2. The number of pyridine rings is 1. The summed E-state index contributed by atoms with van der Waals surface area (Å²) >= 11 is 0. The molecule has 2 heterocycles. The molecule has 1 aliphatic heterocycles. The lowest BCUT2D eigenvalue weighted by Gasteiger charge is -2.38. The van der Waals surface area contributed by atoms with Gasteiger partial charge < -0.3 is 15.2 Å². The lowest BCUT2D eigenvalue weighted by Crippen LogP contribution is -2.52. The summed E-state index contributed by atoms with van der Waals surface area (Å²) in [6.07, 6.45) is -0.733. The molecule has 2 unspecified atom stereocenters. The van der Waals surface area contributed by atoms with Crippen LogP contribution < -0.4 is 15.4 Å². The van der Waals surface area contributed by atoms with E-state index in [1.54, 1.807) is 36.4 Å². The van der Waals surface area contributed by atoms with Gasteiger partial charge in [0.2, 0.25) is 0 Å². The molecule has 0 saturated heterocycles. The fraction of sp³-hybridized carbons (Fsp3) is 0.316. The van der Waals surface area contributed by atoms with Gasteiger partial charge in [0.25, 0.3) is 5.91 Å². The van der Waals surface area contributed by atoms with Crippen molar-refractivity contribution in [3.05, 3.63) is 48.0 Å². The number of nitrogens with two attached hydrogens (primary N) is 1. The van der Waals surface area contributed by atoms with Crippen LogP contribution in [0, 0.1) is 5.92 Å². The Labute approximate surface area is 151 Å². The second-order valence-electron chi connectivity index (χ2n) is 6.38. The van der Waals surface area contributed by atoms with E-state index < -0.39 is 18.1 Å². The predicted molar refractivity (Wildman–Crippen MR) is 96.6 cm³/mol. The van der Waals surface area contributed by atoms with Crippen molar-refractivity contribution < 1.29 is 19.1 Å². The van der Waals surface area contributed by atoms with Crippen molar-refractivity contribution in [3.63, 3.8) is 0 Å². The first-order valence-electron chi connectivity index (χ1n) is 8.33. The zero-order chi connectivity index (χ0) is 18.8. The first kappa shape index (κ1) is 17.7. The lowest BCUT2D eigenvalue weighted by molar-refractivity contribution is -0.145. The topological polar surface area (TPSA) is 94.8 Å². The summed E-state index contributed by atoms with van der Waals surface area (Å²) in [4.78, 5) is 31.4. The van der Waals surface area contributed by atoms with E-state index in [0.717, 1.165) is 0 Å². The number of anilines is 2. The number of fused-ring (bicyclic) bond motifs is 1. The molecule has 2 atom stereocenters. The van der Waals surface area contributed by atoms with Gasteiger partial charge in [0, 0.05) is 0 Å². The molecule has 26 heavy (non-hydrogen) atoms. The monoisotopic (exact) mass is 355 g/mol. The minimum absolute atomic E-state index is 0.0928. The number of nitrogens with zero attached hydrogens (tertiary/aromatic N) is 2. The van der Waals surface area contributed by atoms with Crippen molar-refractivity contribution in [1.29, 1.82) is 0 Å². The third-order valence-corrected chi connectivity index (χ3v) is 4.23. The van der Waals surface area contributed by atoms with Crippen molar-refractivity contribution in [2.24, 2.45) is 5.92 Å². The zero-order valence-corrected chi connectivity index (χ0v) is 14.9. The van der Waals surface area contributed by atoms with E-state index in [9.17, 15) is 9.59 Å². The third-order valence-electron chi connectivity index (χ3n) is 4.23. The number of nitrogen functional groups attached to an aromatic ring is 1. The van der Waals surface area contributed by atoms with Crippen LogP contribution in [0.4, 0.5) is 11.6 Å². The van der Waals surface area contributed by atoms with Gasteiger partial charge in [0.1, 0.15) is 5.82 Å². The van der Waals surface area contributed by atoms with Crippen LogP contribution in [0.2, 0.25) is 0 Å². The summed E-state index contributed by atoms with van der Waals surface area (Å²) in [7, 11) is 1.29. The van der Waals surface area contributed by atoms with Crippen LogP contribution >= 0.6 is 0 Å². The second-order valence-corrected chi connectivity index (χ2v) is 6.38. The Hall–Kier alpha value is -3.09. The molecule has 1 aromatic heterocycles. The highest BCUT2D eigenvalue weighted by Crippen LogP contribution is 2.40. The van der Waals surface area contributed by atoms with E-state index in [1.807, 2.05) is 19.9 Å².